The first-order valence-corrected chi connectivity index (χ1v) is 14.4. The maximum Gasteiger partial charge on any atom is 0.416 e. The van der Waals surface area contributed by atoms with E-state index >= 15 is 0 Å². The number of nitrogens with zero attached hydrogens (tertiary/aromatic N) is 4. The maximum absolute atomic E-state index is 13.9. The van der Waals surface area contributed by atoms with E-state index in [4.69, 9.17) is 4.74 Å². The Hall–Kier alpha value is -4.07. The third kappa shape index (κ3) is 6.95. The molecule has 2 aromatic rings. The van der Waals surface area contributed by atoms with Crippen molar-refractivity contribution >= 4 is 17.9 Å². The van der Waals surface area contributed by atoms with Crippen LogP contribution in [0.2, 0.25) is 0 Å². The highest BCUT2D eigenvalue weighted by atomic mass is 19.4. The van der Waals surface area contributed by atoms with E-state index in [2.05, 4.69) is 4.90 Å². The standard InChI is InChI=1S/C31H32F6N4O4/c1-29-20-39(18-21-7-3-2-4-8-21)27(43)25(9-13-38-11-5-6-12-38)41(29)26(42)10-14-40(29)28(44)45-19-22-15-23(30(32,33)34)17-24(16-22)31(35,36)37/h2-8,15-17,25H,9-14,18-20H2,1H3/t25-,29+/m0/s1. The van der Waals surface area contributed by atoms with E-state index in [1.54, 1.807) is 11.8 Å². The Morgan fingerprint density at radius 2 is 1.56 bits per heavy atom. The van der Waals surface area contributed by atoms with Crippen molar-refractivity contribution in [2.45, 2.75) is 57.0 Å². The van der Waals surface area contributed by atoms with E-state index in [1.165, 1.54) is 9.80 Å². The fourth-order valence-corrected chi connectivity index (χ4v) is 6.21. The van der Waals surface area contributed by atoms with Gasteiger partial charge in [0.15, 0.2) is 0 Å². The lowest BCUT2D eigenvalue weighted by Gasteiger charge is -2.58. The molecule has 242 valence electrons. The summed E-state index contributed by atoms with van der Waals surface area (Å²) in [6.07, 6.45) is -6.99. The summed E-state index contributed by atoms with van der Waals surface area (Å²) in [7, 11) is 0. The van der Waals surface area contributed by atoms with Crippen molar-refractivity contribution in [3.05, 3.63) is 82.9 Å². The smallest absolute Gasteiger partial charge is 0.416 e. The van der Waals surface area contributed by atoms with Gasteiger partial charge >= 0.3 is 18.4 Å². The fraction of sp³-hybridized carbons (Fsp3) is 0.452. The van der Waals surface area contributed by atoms with Gasteiger partial charge in [0.25, 0.3) is 0 Å². The Labute approximate surface area is 255 Å². The summed E-state index contributed by atoms with van der Waals surface area (Å²) >= 11 is 0. The van der Waals surface area contributed by atoms with E-state index in [-0.39, 0.29) is 43.9 Å². The highest BCUT2D eigenvalue weighted by Crippen LogP contribution is 2.38. The van der Waals surface area contributed by atoms with Crippen molar-refractivity contribution in [3.8, 4) is 0 Å². The lowest BCUT2D eigenvalue weighted by Crippen LogP contribution is -2.77. The van der Waals surface area contributed by atoms with Crippen molar-refractivity contribution in [1.29, 1.82) is 0 Å². The molecule has 2 aromatic carbocycles. The monoisotopic (exact) mass is 638 g/mol. The zero-order chi connectivity index (χ0) is 32.6. The maximum atomic E-state index is 13.9. The summed E-state index contributed by atoms with van der Waals surface area (Å²) in [5, 5.41) is 0. The van der Waals surface area contributed by atoms with Crippen LogP contribution in [-0.4, -0.2) is 81.9 Å². The second-order valence-electron chi connectivity index (χ2n) is 11.6. The molecule has 14 heteroatoms. The van der Waals surface area contributed by atoms with E-state index in [0.29, 0.717) is 38.2 Å². The molecule has 5 rings (SSSR count). The zero-order valence-electron chi connectivity index (χ0n) is 24.4. The van der Waals surface area contributed by atoms with Gasteiger partial charge in [0.05, 0.1) is 17.7 Å². The molecule has 0 aliphatic carbocycles. The topological polar surface area (TPSA) is 73.4 Å². The number of rotatable bonds is 7. The third-order valence-electron chi connectivity index (χ3n) is 8.38. The second-order valence-corrected chi connectivity index (χ2v) is 11.6. The van der Waals surface area contributed by atoms with Gasteiger partial charge in [0.1, 0.15) is 18.3 Å². The van der Waals surface area contributed by atoms with Gasteiger partial charge in [-0.2, -0.15) is 26.3 Å². The van der Waals surface area contributed by atoms with Crippen molar-refractivity contribution in [3.63, 3.8) is 0 Å². The molecular formula is C31H32F6N4O4. The Kier molecular flexibility index (Phi) is 8.89. The summed E-state index contributed by atoms with van der Waals surface area (Å²) in [6, 6.07) is 9.25. The van der Waals surface area contributed by atoms with Gasteiger partial charge in [-0.15, -0.1) is 0 Å². The summed E-state index contributed by atoms with van der Waals surface area (Å²) in [4.78, 5) is 47.1. The van der Waals surface area contributed by atoms with Crippen LogP contribution in [0.4, 0.5) is 31.1 Å². The average molecular weight is 639 g/mol. The molecule has 0 saturated carbocycles. The highest BCUT2D eigenvalue weighted by molar-refractivity contribution is 5.91. The number of benzene rings is 2. The molecule has 0 aromatic heterocycles. The average Bonchev–Trinajstić information content (AvgIpc) is 3.50. The second kappa shape index (κ2) is 12.4. The first kappa shape index (κ1) is 32.3. The van der Waals surface area contributed by atoms with Gasteiger partial charge in [-0.1, -0.05) is 42.5 Å². The van der Waals surface area contributed by atoms with Gasteiger partial charge < -0.3 is 14.5 Å². The number of hydrogen-bond donors (Lipinski definition) is 0. The van der Waals surface area contributed by atoms with Crippen LogP contribution in [0.5, 0.6) is 0 Å². The molecule has 2 fully saturated rings. The van der Waals surface area contributed by atoms with Gasteiger partial charge in [0, 0.05) is 39.1 Å². The van der Waals surface area contributed by atoms with Crippen LogP contribution in [0.3, 0.4) is 0 Å². The van der Waals surface area contributed by atoms with E-state index in [1.807, 2.05) is 42.5 Å². The normalized spacial score (nSPS) is 22.6. The van der Waals surface area contributed by atoms with Crippen LogP contribution >= 0.6 is 0 Å². The molecule has 45 heavy (non-hydrogen) atoms. The number of halogens is 6. The van der Waals surface area contributed by atoms with Crippen LogP contribution in [0.25, 0.3) is 0 Å². The predicted molar refractivity (Wildman–Crippen MR) is 149 cm³/mol. The number of ether oxygens (including phenoxy) is 1. The minimum absolute atomic E-state index is 0.000799. The van der Waals surface area contributed by atoms with Gasteiger partial charge in [-0.25, -0.2) is 4.79 Å². The molecule has 3 aliphatic heterocycles. The number of fused-ring (bicyclic) bond motifs is 1. The lowest BCUT2D eigenvalue weighted by molar-refractivity contribution is -0.185. The summed E-state index contributed by atoms with van der Waals surface area (Å²) in [5.74, 6) is -0.623. The molecule has 0 N–H and O–H groups in total. The number of carbonyl (C=O) groups excluding carboxylic acids is 3. The molecule has 0 spiro atoms. The molecule has 0 radical (unpaired) electrons. The number of carbonyl (C=O) groups is 3. The first-order valence-electron chi connectivity index (χ1n) is 14.4. The number of alkyl halides is 6. The number of piperazine rings is 1. The van der Waals surface area contributed by atoms with E-state index < -0.39 is 53.4 Å². The first-order chi connectivity index (χ1) is 21.2. The van der Waals surface area contributed by atoms with Crippen molar-refractivity contribution in [1.82, 2.24) is 19.6 Å². The molecule has 3 heterocycles. The Bertz CT molecular complexity index is 1420. The zero-order valence-corrected chi connectivity index (χ0v) is 24.4. The molecular weight excluding hydrogens is 606 g/mol. The van der Waals surface area contributed by atoms with Crippen LogP contribution in [-0.2, 0) is 39.8 Å². The number of hydrogen-bond acceptors (Lipinski definition) is 5. The third-order valence-corrected chi connectivity index (χ3v) is 8.38. The molecule has 8 nitrogen and oxygen atoms in total. The fourth-order valence-electron chi connectivity index (χ4n) is 6.21. The van der Waals surface area contributed by atoms with Crippen LogP contribution in [0, 0.1) is 0 Å². The van der Waals surface area contributed by atoms with E-state index in [9.17, 15) is 40.7 Å². The SMILES string of the molecule is C[C@]12CN(Cc3ccccc3)C(=O)[C@H](CCN3CC=CC3)N1C(=O)CCN2C(=O)OCc1cc(C(F)(F)F)cc(C(F)(F)F)c1. The molecule has 0 bridgehead atoms. The Balaban J connectivity index is 1.41. The minimum Gasteiger partial charge on any atom is -0.444 e. The van der Waals surface area contributed by atoms with Crippen molar-refractivity contribution in [2.75, 3.05) is 32.7 Å². The van der Waals surface area contributed by atoms with Gasteiger partial charge in [-0.05, 0) is 42.7 Å². The summed E-state index contributed by atoms with van der Waals surface area (Å²) < 4.78 is 85.5. The molecule has 3 amide bonds. The van der Waals surface area contributed by atoms with Crippen molar-refractivity contribution < 1.29 is 45.5 Å². The quantitative estimate of drug-likeness (QED) is 0.305. The van der Waals surface area contributed by atoms with Gasteiger partial charge in [-0.3, -0.25) is 19.4 Å². The number of amides is 3. The largest absolute Gasteiger partial charge is 0.444 e. The summed E-state index contributed by atoms with van der Waals surface area (Å²) in [5.41, 5.74) is -4.12. The van der Waals surface area contributed by atoms with E-state index in [0.717, 1.165) is 5.56 Å². The minimum atomic E-state index is -5.06. The molecule has 2 saturated heterocycles. The predicted octanol–water partition coefficient (Wildman–Crippen LogP) is 5.28. The van der Waals surface area contributed by atoms with Crippen LogP contribution in [0.1, 0.15) is 42.0 Å². The van der Waals surface area contributed by atoms with Gasteiger partial charge in [0.2, 0.25) is 11.8 Å². The summed E-state index contributed by atoms with van der Waals surface area (Å²) in [6.45, 7) is 2.66. The molecule has 0 unspecified atom stereocenters. The Morgan fingerprint density at radius 1 is 0.933 bits per heavy atom. The Morgan fingerprint density at radius 3 is 2.16 bits per heavy atom. The van der Waals surface area contributed by atoms with Crippen LogP contribution < -0.4 is 0 Å². The highest BCUT2D eigenvalue weighted by Gasteiger charge is 2.56. The van der Waals surface area contributed by atoms with Crippen molar-refractivity contribution in [2.24, 2.45) is 0 Å². The molecule has 3 aliphatic rings. The van der Waals surface area contributed by atoms with Crippen LogP contribution in [0.15, 0.2) is 60.7 Å². The molecule has 2 atom stereocenters. The lowest BCUT2D eigenvalue weighted by atomic mass is 9.92.